The largest absolute Gasteiger partial charge is 0.465 e. The number of rotatable bonds is 7. The van der Waals surface area contributed by atoms with Gasteiger partial charge in [0.1, 0.15) is 11.5 Å². The van der Waals surface area contributed by atoms with Gasteiger partial charge in [-0.05, 0) is 69.0 Å². The van der Waals surface area contributed by atoms with E-state index in [1.165, 1.54) is 18.4 Å². The minimum absolute atomic E-state index is 0.291. The van der Waals surface area contributed by atoms with E-state index in [2.05, 4.69) is 4.99 Å². The number of carbonyl (C=O) groups excluding carboxylic acids is 2. The molecule has 10 heteroatoms. The van der Waals surface area contributed by atoms with Crippen molar-refractivity contribution in [1.29, 1.82) is 0 Å². The van der Waals surface area contributed by atoms with Crippen LogP contribution in [0, 0.1) is 0 Å². The Morgan fingerprint density at radius 3 is 2.54 bits per heavy atom. The molecule has 0 aliphatic carbocycles. The van der Waals surface area contributed by atoms with Crippen LogP contribution < -0.4 is 14.9 Å². The SMILES string of the molecule is COC(=O)c1cccc(-c2ccc(/C=c3\sc4n(c3=O)[C@H](c3ccc(SC)cc3)C(C(=O)OC(C)C)=C(C)N=4)o2)c1. The summed E-state index contributed by atoms with van der Waals surface area (Å²) in [6, 6.07) is 17.6. The van der Waals surface area contributed by atoms with E-state index in [9.17, 15) is 14.4 Å². The molecule has 0 saturated heterocycles. The Hall–Kier alpha value is -4.15. The molecule has 2 aromatic heterocycles. The number of benzene rings is 2. The molecule has 0 unspecified atom stereocenters. The van der Waals surface area contributed by atoms with Crippen molar-refractivity contribution < 1.29 is 23.5 Å². The van der Waals surface area contributed by atoms with E-state index in [4.69, 9.17) is 13.9 Å². The van der Waals surface area contributed by atoms with Crippen molar-refractivity contribution in [3.05, 3.63) is 109 Å². The smallest absolute Gasteiger partial charge is 0.338 e. The normalized spacial score (nSPS) is 15.1. The van der Waals surface area contributed by atoms with Crippen LogP contribution in [0.2, 0.25) is 0 Å². The third-order valence-corrected chi connectivity index (χ3v) is 8.21. The predicted molar refractivity (Wildman–Crippen MR) is 159 cm³/mol. The highest BCUT2D eigenvalue weighted by Gasteiger charge is 2.33. The third-order valence-electron chi connectivity index (χ3n) is 6.48. The number of methoxy groups -OCH3 is 1. The van der Waals surface area contributed by atoms with Crippen molar-refractivity contribution in [1.82, 2.24) is 4.57 Å². The van der Waals surface area contributed by atoms with Gasteiger partial charge >= 0.3 is 11.9 Å². The summed E-state index contributed by atoms with van der Waals surface area (Å²) in [5.74, 6) is 0.0597. The molecule has 1 atom stereocenters. The first kappa shape index (κ1) is 28.4. The number of aromatic nitrogens is 1. The van der Waals surface area contributed by atoms with Gasteiger partial charge in [-0.2, -0.15) is 0 Å². The summed E-state index contributed by atoms with van der Waals surface area (Å²) in [5.41, 5.74) is 2.44. The first-order chi connectivity index (χ1) is 19.7. The van der Waals surface area contributed by atoms with E-state index < -0.39 is 18.0 Å². The number of hydrogen-bond donors (Lipinski definition) is 0. The number of ether oxygens (including phenoxy) is 2. The Morgan fingerprint density at radius 2 is 1.85 bits per heavy atom. The van der Waals surface area contributed by atoms with Gasteiger partial charge in [0.15, 0.2) is 4.80 Å². The number of furan rings is 1. The fourth-order valence-electron chi connectivity index (χ4n) is 4.59. The molecule has 2 aromatic carbocycles. The fourth-order valence-corrected chi connectivity index (χ4v) is 6.03. The van der Waals surface area contributed by atoms with Gasteiger partial charge in [0.05, 0.1) is 40.6 Å². The molecule has 0 amide bonds. The molecule has 1 aliphatic heterocycles. The lowest BCUT2D eigenvalue weighted by Crippen LogP contribution is -2.40. The molecule has 0 bridgehead atoms. The monoisotopic (exact) mass is 588 g/mol. The van der Waals surface area contributed by atoms with Gasteiger partial charge in [-0.15, -0.1) is 11.8 Å². The average Bonchev–Trinajstić information content (AvgIpc) is 3.55. The van der Waals surface area contributed by atoms with Crippen LogP contribution in [0.1, 0.15) is 48.5 Å². The van der Waals surface area contributed by atoms with E-state index in [0.29, 0.717) is 43.3 Å². The molecule has 0 spiro atoms. The number of hydrogen-bond acceptors (Lipinski definition) is 9. The number of allylic oxidation sites excluding steroid dienone is 1. The molecule has 0 radical (unpaired) electrons. The van der Waals surface area contributed by atoms with Crippen LogP contribution in [-0.4, -0.2) is 36.0 Å². The zero-order valence-electron chi connectivity index (χ0n) is 23.2. The maximum absolute atomic E-state index is 13.9. The van der Waals surface area contributed by atoms with Crippen LogP contribution in [0.4, 0.5) is 0 Å². The lowest BCUT2D eigenvalue weighted by molar-refractivity contribution is -0.143. The average molecular weight is 589 g/mol. The second-order valence-corrected chi connectivity index (χ2v) is 11.5. The molecule has 4 aromatic rings. The molecule has 0 N–H and O–H groups in total. The Balaban J connectivity index is 1.59. The highest BCUT2D eigenvalue weighted by molar-refractivity contribution is 7.98. The number of nitrogens with zero attached hydrogens (tertiary/aromatic N) is 2. The summed E-state index contributed by atoms with van der Waals surface area (Å²) < 4.78 is 18.4. The first-order valence-corrected chi connectivity index (χ1v) is 14.9. The lowest BCUT2D eigenvalue weighted by Gasteiger charge is -2.25. The van der Waals surface area contributed by atoms with Crippen molar-refractivity contribution in [2.75, 3.05) is 13.4 Å². The van der Waals surface area contributed by atoms with E-state index >= 15 is 0 Å². The Kier molecular flexibility index (Phi) is 8.14. The van der Waals surface area contributed by atoms with E-state index in [-0.39, 0.29) is 11.7 Å². The lowest BCUT2D eigenvalue weighted by atomic mass is 9.96. The van der Waals surface area contributed by atoms with Crippen molar-refractivity contribution in [2.45, 2.75) is 37.8 Å². The number of carbonyl (C=O) groups is 2. The van der Waals surface area contributed by atoms with Crippen LogP contribution in [0.3, 0.4) is 0 Å². The highest BCUT2D eigenvalue weighted by atomic mass is 32.2. The molecule has 210 valence electrons. The van der Waals surface area contributed by atoms with Crippen molar-refractivity contribution in [2.24, 2.45) is 4.99 Å². The highest BCUT2D eigenvalue weighted by Crippen LogP contribution is 2.32. The molecule has 5 rings (SSSR count). The molecule has 1 aliphatic rings. The van der Waals surface area contributed by atoms with Crippen molar-refractivity contribution >= 4 is 41.1 Å². The van der Waals surface area contributed by atoms with Crippen LogP contribution in [0.25, 0.3) is 17.4 Å². The van der Waals surface area contributed by atoms with Gasteiger partial charge in [-0.25, -0.2) is 14.6 Å². The standard InChI is InChI=1S/C31H28N2O6S2/c1-17(2)38-30(36)26-18(3)32-31-33(27(26)19-9-12-23(40-5)13-10-19)28(34)25(41-31)16-22-11-14-24(39-22)20-7-6-8-21(15-20)29(35)37-4/h6-17,27H,1-5H3/b25-16-/t27-/m1/s1. The predicted octanol–water partition coefficient (Wildman–Crippen LogP) is 4.96. The summed E-state index contributed by atoms with van der Waals surface area (Å²) >= 11 is 2.84. The summed E-state index contributed by atoms with van der Waals surface area (Å²) in [4.78, 5) is 45.3. The summed E-state index contributed by atoms with van der Waals surface area (Å²) in [6.07, 6.45) is 3.33. The Labute approximate surface area is 244 Å². The van der Waals surface area contributed by atoms with Crippen LogP contribution >= 0.6 is 23.1 Å². The number of thiazole rings is 1. The molecule has 41 heavy (non-hydrogen) atoms. The van der Waals surface area contributed by atoms with Gasteiger partial charge in [-0.3, -0.25) is 9.36 Å². The maximum atomic E-state index is 13.9. The molecule has 8 nitrogen and oxygen atoms in total. The topological polar surface area (TPSA) is 100 Å². The van der Waals surface area contributed by atoms with Crippen LogP contribution in [-0.2, 0) is 14.3 Å². The van der Waals surface area contributed by atoms with Crippen molar-refractivity contribution in [3.8, 4) is 11.3 Å². The Morgan fingerprint density at radius 1 is 1.10 bits per heavy atom. The third kappa shape index (κ3) is 5.71. The molecule has 3 heterocycles. The quantitative estimate of drug-likeness (QED) is 0.222. The number of esters is 2. The second kappa shape index (κ2) is 11.8. The van der Waals surface area contributed by atoms with Gasteiger partial charge in [0, 0.05) is 16.5 Å². The molecule has 0 fully saturated rings. The summed E-state index contributed by atoms with van der Waals surface area (Å²) in [6.45, 7) is 5.34. The van der Waals surface area contributed by atoms with E-state index in [1.54, 1.807) is 73.5 Å². The van der Waals surface area contributed by atoms with E-state index in [0.717, 1.165) is 10.5 Å². The summed E-state index contributed by atoms with van der Waals surface area (Å²) in [5, 5.41) is 0. The van der Waals surface area contributed by atoms with Gasteiger partial charge in [0.25, 0.3) is 5.56 Å². The minimum Gasteiger partial charge on any atom is -0.465 e. The van der Waals surface area contributed by atoms with Gasteiger partial charge in [-0.1, -0.05) is 35.6 Å². The fraction of sp³-hybridized carbons (Fsp3) is 0.226. The van der Waals surface area contributed by atoms with Gasteiger partial charge < -0.3 is 13.9 Å². The van der Waals surface area contributed by atoms with E-state index in [1.807, 2.05) is 36.6 Å². The van der Waals surface area contributed by atoms with Crippen molar-refractivity contribution in [3.63, 3.8) is 0 Å². The summed E-state index contributed by atoms with van der Waals surface area (Å²) in [7, 11) is 1.33. The van der Waals surface area contributed by atoms with Crippen LogP contribution in [0.5, 0.6) is 0 Å². The molecule has 0 saturated carbocycles. The van der Waals surface area contributed by atoms with Crippen LogP contribution in [0.15, 0.2) is 91.0 Å². The zero-order valence-corrected chi connectivity index (χ0v) is 24.8. The Bertz CT molecular complexity index is 1840. The zero-order chi connectivity index (χ0) is 29.3. The maximum Gasteiger partial charge on any atom is 0.338 e. The molecular formula is C31H28N2O6S2. The minimum atomic E-state index is -0.691. The van der Waals surface area contributed by atoms with Gasteiger partial charge in [0.2, 0.25) is 0 Å². The first-order valence-electron chi connectivity index (χ1n) is 12.9. The molecular weight excluding hydrogens is 560 g/mol. The number of thioether (sulfide) groups is 1. The second-order valence-electron chi connectivity index (χ2n) is 9.58. The number of fused-ring (bicyclic) bond motifs is 1.